The monoisotopic (exact) mass is 318 g/mol. The predicted molar refractivity (Wildman–Crippen MR) is 78.7 cm³/mol. The Bertz CT molecular complexity index is 525. The summed E-state index contributed by atoms with van der Waals surface area (Å²) in [7, 11) is 0. The van der Waals surface area contributed by atoms with Crippen LogP contribution in [0.2, 0.25) is 5.02 Å². The molecular weight excluding hydrogens is 303 g/mol. The molecule has 0 atom stereocenters. The Morgan fingerprint density at radius 3 is 2.65 bits per heavy atom. The van der Waals surface area contributed by atoms with Crippen molar-refractivity contribution in [1.29, 1.82) is 0 Å². The van der Waals surface area contributed by atoms with Gasteiger partial charge < -0.3 is 15.3 Å². The van der Waals surface area contributed by atoms with E-state index in [2.05, 4.69) is 10.5 Å². The first-order valence-corrected chi connectivity index (χ1v) is 6.62. The van der Waals surface area contributed by atoms with Crippen LogP contribution in [0.1, 0.15) is 31.9 Å². The van der Waals surface area contributed by atoms with E-state index in [1.807, 2.05) is 0 Å². The average Bonchev–Trinajstić information content (AvgIpc) is 2.34. The number of benzene rings is 1. The molecule has 1 aromatic carbocycles. The highest BCUT2D eigenvalue weighted by Crippen LogP contribution is 2.19. The Balaban J connectivity index is 2.75. The molecule has 7 heteroatoms. The molecule has 0 fully saturated rings. The van der Waals surface area contributed by atoms with E-state index in [0.717, 1.165) is 0 Å². The largest absolute Gasteiger partial charge is 0.444 e. The lowest BCUT2D eigenvalue weighted by Gasteiger charge is -2.19. The first kappa shape index (κ1) is 16.6. The highest BCUT2D eigenvalue weighted by Gasteiger charge is 2.16. The summed E-state index contributed by atoms with van der Waals surface area (Å²) in [5.74, 6) is 0. The van der Waals surface area contributed by atoms with Crippen molar-refractivity contribution in [3.63, 3.8) is 0 Å². The lowest BCUT2D eigenvalue weighted by molar-refractivity contribution is 0.0523. The number of ether oxygens (including phenoxy) is 1. The Hall–Kier alpha value is -1.46. The van der Waals surface area contributed by atoms with Gasteiger partial charge in [0.15, 0.2) is 5.17 Å². The molecule has 0 aliphatic heterocycles. The molecule has 5 nitrogen and oxygen atoms in total. The molecule has 110 valence electrons. The Morgan fingerprint density at radius 2 is 2.10 bits per heavy atom. The number of carbonyl (C=O) groups excluding carboxylic acids is 1. The van der Waals surface area contributed by atoms with E-state index in [9.17, 15) is 4.79 Å². The number of hydrogen-bond donors (Lipinski definition) is 2. The van der Waals surface area contributed by atoms with E-state index in [1.165, 1.54) is 0 Å². The van der Waals surface area contributed by atoms with Gasteiger partial charge in [-0.25, -0.2) is 4.79 Å². The summed E-state index contributed by atoms with van der Waals surface area (Å²) in [6, 6.07) is 4.85. The van der Waals surface area contributed by atoms with Crippen molar-refractivity contribution in [2.45, 2.75) is 32.9 Å². The molecule has 0 spiro atoms. The quantitative estimate of drug-likeness (QED) is 0.506. The van der Waals surface area contributed by atoms with Gasteiger partial charge in [-0.2, -0.15) is 0 Å². The van der Waals surface area contributed by atoms with E-state index in [-0.39, 0.29) is 11.7 Å². The van der Waals surface area contributed by atoms with E-state index < -0.39 is 11.7 Å². The van der Waals surface area contributed by atoms with Crippen LogP contribution in [0.5, 0.6) is 0 Å². The number of alkyl carbamates (subject to hydrolysis) is 1. The second-order valence-electron chi connectivity index (χ2n) is 5.05. The Kier molecular flexibility index (Phi) is 5.65. The zero-order valence-corrected chi connectivity index (χ0v) is 12.9. The van der Waals surface area contributed by atoms with Gasteiger partial charge in [0.25, 0.3) is 0 Å². The van der Waals surface area contributed by atoms with Gasteiger partial charge in [0, 0.05) is 17.1 Å². The second kappa shape index (κ2) is 6.81. The lowest BCUT2D eigenvalue weighted by atomic mass is 10.1. The highest BCUT2D eigenvalue weighted by molar-refractivity contribution is 6.69. The number of nitrogens with zero attached hydrogens (tertiary/aromatic N) is 1. The molecule has 0 radical (unpaired) electrons. The van der Waals surface area contributed by atoms with Gasteiger partial charge in [0.05, 0.1) is 0 Å². The second-order valence-corrected chi connectivity index (χ2v) is 5.82. The molecule has 0 aliphatic carbocycles. The lowest BCUT2D eigenvalue weighted by Crippen LogP contribution is -2.32. The first-order valence-electron chi connectivity index (χ1n) is 5.86. The molecule has 0 aromatic heterocycles. The first-order chi connectivity index (χ1) is 9.23. The van der Waals surface area contributed by atoms with Crippen LogP contribution >= 0.6 is 23.2 Å². The maximum absolute atomic E-state index is 11.6. The molecule has 1 rings (SSSR count). The molecule has 0 unspecified atom stereocenters. The summed E-state index contributed by atoms with van der Waals surface area (Å²) >= 11 is 11.7. The standard InChI is InChI=1S/C13H16Cl2N2O3/c1-13(2,3)20-12(18)16-7-9-6-8(11(15)17-19)4-5-10(9)14/h4-6,19H,7H2,1-3H3,(H,16,18). The smallest absolute Gasteiger partial charge is 0.407 e. The number of amides is 1. The van der Waals surface area contributed by atoms with Gasteiger partial charge in [-0.1, -0.05) is 34.4 Å². The predicted octanol–water partition coefficient (Wildman–Crippen LogP) is 3.74. The number of rotatable bonds is 3. The van der Waals surface area contributed by atoms with Crippen LogP contribution in [0, 0.1) is 0 Å². The minimum Gasteiger partial charge on any atom is -0.444 e. The van der Waals surface area contributed by atoms with Crippen molar-refractivity contribution in [3.05, 3.63) is 34.3 Å². The molecule has 0 aliphatic rings. The molecule has 0 saturated heterocycles. The van der Waals surface area contributed by atoms with Crippen molar-refractivity contribution in [2.75, 3.05) is 0 Å². The zero-order chi connectivity index (χ0) is 15.3. The third-order valence-electron chi connectivity index (χ3n) is 2.19. The van der Waals surface area contributed by atoms with Gasteiger partial charge in [0.1, 0.15) is 5.60 Å². The molecule has 0 saturated carbocycles. The summed E-state index contributed by atoms with van der Waals surface area (Å²) < 4.78 is 5.12. The molecule has 0 heterocycles. The minimum absolute atomic E-state index is 0.0554. The molecule has 2 N–H and O–H groups in total. The summed E-state index contributed by atoms with van der Waals surface area (Å²) in [4.78, 5) is 11.6. The van der Waals surface area contributed by atoms with Crippen molar-refractivity contribution in [1.82, 2.24) is 5.32 Å². The number of hydrogen-bond acceptors (Lipinski definition) is 4. The third kappa shape index (κ3) is 5.27. The Labute approximate surface area is 127 Å². The highest BCUT2D eigenvalue weighted by atomic mass is 35.5. The summed E-state index contributed by atoms with van der Waals surface area (Å²) in [6.45, 7) is 5.50. The number of oxime groups is 1. The third-order valence-corrected chi connectivity index (χ3v) is 2.86. The average molecular weight is 319 g/mol. The number of carbonyl (C=O) groups is 1. The maximum atomic E-state index is 11.6. The van der Waals surface area contributed by atoms with Gasteiger partial charge in [-0.05, 0) is 38.5 Å². The zero-order valence-electron chi connectivity index (χ0n) is 11.4. The van der Waals surface area contributed by atoms with Gasteiger partial charge in [-0.3, -0.25) is 0 Å². The van der Waals surface area contributed by atoms with Crippen molar-refractivity contribution in [2.24, 2.45) is 5.16 Å². The van der Waals surface area contributed by atoms with Crippen LogP contribution < -0.4 is 5.32 Å². The van der Waals surface area contributed by atoms with Gasteiger partial charge >= 0.3 is 6.09 Å². The van der Waals surface area contributed by atoms with Crippen LogP contribution in [-0.4, -0.2) is 22.1 Å². The molecule has 0 bridgehead atoms. The number of halogens is 2. The summed E-state index contributed by atoms with van der Waals surface area (Å²) in [5.41, 5.74) is 0.569. The van der Waals surface area contributed by atoms with Gasteiger partial charge in [0.2, 0.25) is 0 Å². The maximum Gasteiger partial charge on any atom is 0.407 e. The molecule has 1 amide bonds. The van der Waals surface area contributed by atoms with E-state index in [0.29, 0.717) is 16.1 Å². The molecule has 1 aromatic rings. The van der Waals surface area contributed by atoms with E-state index in [1.54, 1.807) is 39.0 Å². The van der Waals surface area contributed by atoms with Crippen molar-refractivity contribution < 1.29 is 14.7 Å². The van der Waals surface area contributed by atoms with E-state index >= 15 is 0 Å². The van der Waals surface area contributed by atoms with Crippen LogP contribution in [-0.2, 0) is 11.3 Å². The van der Waals surface area contributed by atoms with E-state index in [4.69, 9.17) is 33.1 Å². The van der Waals surface area contributed by atoms with Crippen LogP contribution in [0.15, 0.2) is 23.4 Å². The van der Waals surface area contributed by atoms with Crippen molar-refractivity contribution >= 4 is 34.5 Å². The SMILES string of the molecule is CC(C)(C)OC(=O)NCc1cc(C(Cl)=NO)ccc1Cl. The normalized spacial score (nSPS) is 12.2. The van der Waals surface area contributed by atoms with Crippen molar-refractivity contribution in [3.8, 4) is 0 Å². The fourth-order valence-corrected chi connectivity index (χ4v) is 1.68. The molecular formula is C13H16Cl2N2O3. The number of nitrogens with one attached hydrogen (secondary N) is 1. The minimum atomic E-state index is -0.567. The van der Waals surface area contributed by atoms with Crippen LogP contribution in [0.25, 0.3) is 0 Å². The Morgan fingerprint density at radius 1 is 1.45 bits per heavy atom. The topological polar surface area (TPSA) is 70.9 Å². The molecule has 20 heavy (non-hydrogen) atoms. The fourth-order valence-electron chi connectivity index (χ4n) is 1.38. The van der Waals surface area contributed by atoms with Crippen LogP contribution in [0.3, 0.4) is 0 Å². The van der Waals surface area contributed by atoms with Crippen LogP contribution in [0.4, 0.5) is 4.79 Å². The summed E-state index contributed by atoms with van der Waals surface area (Å²) in [5, 5.41) is 14.5. The van der Waals surface area contributed by atoms with Gasteiger partial charge in [-0.15, -0.1) is 0 Å². The summed E-state index contributed by atoms with van der Waals surface area (Å²) in [6.07, 6.45) is -0.541. The fraction of sp³-hybridized carbons (Fsp3) is 0.385.